The molecule has 0 heteroatoms. The fourth-order valence-corrected chi connectivity index (χ4v) is 2.79. The van der Waals surface area contributed by atoms with Crippen LogP contribution in [0.3, 0.4) is 0 Å². The van der Waals surface area contributed by atoms with Crippen molar-refractivity contribution in [2.75, 3.05) is 0 Å². The summed E-state index contributed by atoms with van der Waals surface area (Å²) in [6.45, 7) is 9.80. The van der Waals surface area contributed by atoms with Crippen molar-refractivity contribution in [1.29, 1.82) is 0 Å². The average molecular weight is 210 g/mol. The van der Waals surface area contributed by atoms with Gasteiger partial charge in [-0.15, -0.1) is 0 Å². The zero-order chi connectivity index (χ0) is 11.3. The second-order valence-electron chi connectivity index (χ2n) is 6.74. The first-order chi connectivity index (χ1) is 6.99. The highest BCUT2D eigenvalue weighted by Gasteiger charge is 2.20. The lowest BCUT2D eigenvalue weighted by molar-refractivity contribution is 0.265. The molecule has 0 saturated heterocycles. The minimum absolute atomic E-state index is 0.596. The third kappa shape index (κ3) is 5.58. The van der Waals surface area contributed by atoms with Gasteiger partial charge in [0, 0.05) is 0 Å². The topological polar surface area (TPSA) is 0 Å². The Morgan fingerprint density at radius 3 is 1.93 bits per heavy atom. The Morgan fingerprint density at radius 2 is 1.27 bits per heavy atom. The van der Waals surface area contributed by atoms with Crippen LogP contribution < -0.4 is 0 Å². The molecular weight excluding hydrogens is 180 g/mol. The first-order valence-electron chi connectivity index (χ1n) is 6.99. The second kappa shape index (κ2) is 5.92. The summed E-state index contributed by atoms with van der Waals surface area (Å²) in [5.74, 6) is 1.92. The summed E-state index contributed by atoms with van der Waals surface area (Å²) in [6.07, 6.45) is 11.6. The minimum atomic E-state index is 0.596. The summed E-state index contributed by atoms with van der Waals surface area (Å²) in [7, 11) is 0. The van der Waals surface area contributed by atoms with Crippen molar-refractivity contribution in [3.05, 3.63) is 0 Å². The number of rotatable bonds is 0. The van der Waals surface area contributed by atoms with Gasteiger partial charge >= 0.3 is 0 Å². The quantitative estimate of drug-likeness (QED) is 0.501. The molecule has 1 fully saturated rings. The third-order valence-corrected chi connectivity index (χ3v) is 4.26. The van der Waals surface area contributed by atoms with Gasteiger partial charge in [-0.1, -0.05) is 66.2 Å². The molecule has 0 amide bonds. The van der Waals surface area contributed by atoms with Crippen LogP contribution in [0.5, 0.6) is 0 Å². The molecule has 0 nitrogen and oxygen atoms in total. The molecule has 0 unspecified atom stereocenters. The van der Waals surface area contributed by atoms with Gasteiger partial charge in [0.25, 0.3) is 0 Å². The number of hydrogen-bond acceptors (Lipinski definition) is 0. The second-order valence-corrected chi connectivity index (χ2v) is 6.74. The highest BCUT2D eigenvalue weighted by molar-refractivity contribution is 4.72. The van der Waals surface area contributed by atoms with E-state index in [-0.39, 0.29) is 0 Å². The van der Waals surface area contributed by atoms with Crippen LogP contribution in [0.25, 0.3) is 0 Å². The van der Waals surface area contributed by atoms with Gasteiger partial charge in [0.05, 0.1) is 0 Å². The van der Waals surface area contributed by atoms with Crippen molar-refractivity contribution in [2.24, 2.45) is 17.3 Å². The lowest BCUT2D eigenvalue weighted by Crippen LogP contribution is -2.12. The Labute approximate surface area is 96.8 Å². The molecule has 15 heavy (non-hydrogen) atoms. The SMILES string of the molecule is C[C@@H]1CCC[C@H](C)CCC(C)(C)CCC1. The molecule has 0 N–H and O–H groups in total. The van der Waals surface area contributed by atoms with E-state index in [1.165, 1.54) is 51.4 Å². The van der Waals surface area contributed by atoms with Crippen molar-refractivity contribution in [3.63, 3.8) is 0 Å². The molecule has 1 saturated carbocycles. The lowest BCUT2D eigenvalue weighted by Gasteiger charge is -2.26. The maximum absolute atomic E-state index is 2.46. The maximum Gasteiger partial charge on any atom is -0.0354 e. The Hall–Kier alpha value is 0. The fraction of sp³-hybridized carbons (Fsp3) is 1.00. The van der Waals surface area contributed by atoms with Crippen molar-refractivity contribution in [2.45, 2.75) is 79.1 Å². The molecule has 0 radical (unpaired) electrons. The van der Waals surface area contributed by atoms with Crippen LogP contribution in [0, 0.1) is 17.3 Å². The third-order valence-electron chi connectivity index (χ3n) is 4.26. The molecule has 0 heterocycles. The molecule has 1 aliphatic rings. The van der Waals surface area contributed by atoms with Gasteiger partial charge in [0.1, 0.15) is 0 Å². The summed E-state index contributed by atoms with van der Waals surface area (Å²) in [6, 6.07) is 0. The Bertz CT molecular complexity index is 169. The predicted molar refractivity (Wildman–Crippen MR) is 69.0 cm³/mol. The van der Waals surface area contributed by atoms with Gasteiger partial charge in [0.15, 0.2) is 0 Å². The molecular formula is C15H30. The van der Waals surface area contributed by atoms with E-state index < -0.39 is 0 Å². The molecule has 0 aromatic rings. The predicted octanol–water partition coefficient (Wildman–Crippen LogP) is 5.42. The van der Waals surface area contributed by atoms with E-state index in [4.69, 9.17) is 0 Å². The van der Waals surface area contributed by atoms with Crippen LogP contribution in [0.15, 0.2) is 0 Å². The van der Waals surface area contributed by atoms with E-state index in [0.717, 1.165) is 11.8 Å². The Morgan fingerprint density at radius 1 is 0.733 bits per heavy atom. The van der Waals surface area contributed by atoms with Crippen LogP contribution in [-0.4, -0.2) is 0 Å². The highest BCUT2D eigenvalue weighted by Crippen LogP contribution is 2.33. The monoisotopic (exact) mass is 210 g/mol. The standard InChI is InChI=1S/C15H30/c1-13-7-5-8-14(2)10-12-15(3,4)11-6-9-13/h13-14H,5-12H2,1-4H3/t13-,14+/m1/s1. The molecule has 0 spiro atoms. The van der Waals surface area contributed by atoms with E-state index in [0.29, 0.717) is 5.41 Å². The van der Waals surface area contributed by atoms with Crippen LogP contribution >= 0.6 is 0 Å². The van der Waals surface area contributed by atoms with Gasteiger partial charge < -0.3 is 0 Å². The molecule has 1 rings (SSSR count). The summed E-state index contributed by atoms with van der Waals surface area (Å²) < 4.78 is 0. The summed E-state index contributed by atoms with van der Waals surface area (Å²) in [5, 5.41) is 0. The first-order valence-corrected chi connectivity index (χ1v) is 6.99. The van der Waals surface area contributed by atoms with E-state index in [2.05, 4.69) is 27.7 Å². The van der Waals surface area contributed by atoms with Crippen LogP contribution in [0.4, 0.5) is 0 Å². The normalized spacial score (nSPS) is 34.4. The van der Waals surface area contributed by atoms with Gasteiger partial charge in [-0.3, -0.25) is 0 Å². The van der Waals surface area contributed by atoms with Crippen molar-refractivity contribution in [1.82, 2.24) is 0 Å². The molecule has 0 aromatic carbocycles. The lowest BCUT2D eigenvalue weighted by atomic mass is 9.80. The first kappa shape index (κ1) is 13.1. The number of hydrogen-bond donors (Lipinski definition) is 0. The largest absolute Gasteiger partial charge is 0.0625 e. The summed E-state index contributed by atoms with van der Waals surface area (Å²) in [5.41, 5.74) is 0.596. The average Bonchev–Trinajstić information content (AvgIpc) is 2.15. The maximum atomic E-state index is 2.46. The minimum Gasteiger partial charge on any atom is -0.0625 e. The van der Waals surface area contributed by atoms with Crippen LogP contribution in [-0.2, 0) is 0 Å². The zero-order valence-electron chi connectivity index (χ0n) is 11.3. The van der Waals surface area contributed by atoms with E-state index in [1.54, 1.807) is 0 Å². The van der Waals surface area contributed by atoms with E-state index >= 15 is 0 Å². The van der Waals surface area contributed by atoms with E-state index in [9.17, 15) is 0 Å². The van der Waals surface area contributed by atoms with Gasteiger partial charge in [-0.05, 0) is 30.1 Å². The summed E-state index contributed by atoms with van der Waals surface area (Å²) in [4.78, 5) is 0. The smallest absolute Gasteiger partial charge is 0.0354 e. The van der Waals surface area contributed by atoms with E-state index in [1.807, 2.05) is 0 Å². The molecule has 90 valence electrons. The highest BCUT2D eigenvalue weighted by atomic mass is 14.3. The Balaban J connectivity index is 2.45. The zero-order valence-corrected chi connectivity index (χ0v) is 11.3. The van der Waals surface area contributed by atoms with Crippen LogP contribution in [0.2, 0.25) is 0 Å². The summed E-state index contributed by atoms with van der Waals surface area (Å²) >= 11 is 0. The van der Waals surface area contributed by atoms with Gasteiger partial charge in [0.2, 0.25) is 0 Å². The van der Waals surface area contributed by atoms with Crippen LogP contribution in [0.1, 0.15) is 79.1 Å². The van der Waals surface area contributed by atoms with Crippen molar-refractivity contribution in [3.8, 4) is 0 Å². The van der Waals surface area contributed by atoms with Gasteiger partial charge in [-0.25, -0.2) is 0 Å². The van der Waals surface area contributed by atoms with Crippen molar-refractivity contribution < 1.29 is 0 Å². The molecule has 0 bridgehead atoms. The molecule has 2 atom stereocenters. The molecule has 0 aromatic heterocycles. The fourth-order valence-electron chi connectivity index (χ4n) is 2.79. The Kier molecular flexibility index (Phi) is 5.15. The van der Waals surface area contributed by atoms with Gasteiger partial charge in [-0.2, -0.15) is 0 Å². The van der Waals surface area contributed by atoms with Crippen molar-refractivity contribution >= 4 is 0 Å². The molecule has 0 aliphatic heterocycles. The molecule has 1 aliphatic carbocycles.